The molecule has 1 aromatic rings. The lowest BCUT2D eigenvalue weighted by molar-refractivity contribution is 0.149. The largest absolute Gasteiger partial charge is 0.332 e. The second kappa shape index (κ2) is 5.43. The highest BCUT2D eigenvalue weighted by molar-refractivity contribution is 5.75. The molecule has 1 heterocycles. The van der Waals surface area contributed by atoms with Crippen LogP contribution in [-0.2, 0) is 6.42 Å². The highest BCUT2D eigenvalue weighted by atomic mass is 19.1. The fourth-order valence-electron chi connectivity index (χ4n) is 2.84. The molecule has 2 amide bonds. The van der Waals surface area contributed by atoms with Crippen LogP contribution in [0.15, 0.2) is 30.3 Å². The van der Waals surface area contributed by atoms with Gasteiger partial charge in [-0.3, -0.25) is 0 Å². The molecule has 1 aliphatic heterocycles. The number of alkyl halides is 1. The first kappa shape index (κ1) is 13.4. The van der Waals surface area contributed by atoms with Crippen molar-refractivity contribution in [1.82, 2.24) is 10.2 Å². The van der Waals surface area contributed by atoms with Crippen LogP contribution >= 0.6 is 0 Å². The number of nitrogens with one attached hydrogen (secondary N) is 1. The molecule has 20 heavy (non-hydrogen) atoms. The molecule has 108 valence electrons. The highest BCUT2D eigenvalue weighted by Gasteiger charge is 2.44. The number of hydrogen-bond donors (Lipinski definition) is 1. The van der Waals surface area contributed by atoms with Gasteiger partial charge in [-0.25, -0.2) is 9.18 Å². The van der Waals surface area contributed by atoms with E-state index in [-0.39, 0.29) is 11.6 Å². The third-order valence-corrected chi connectivity index (χ3v) is 4.32. The zero-order valence-electron chi connectivity index (χ0n) is 11.6. The first-order valence-electron chi connectivity index (χ1n) is 7.42. The first-order valence-corrected chi connectivity index (χ1v) is 7.42. The van der Waals surface area contributed by atoms with Crippen molar-refractivity contribution in [2.24, 2.45) is 0 Å². The maximum absolute atomic E-state index is 13.1. The Labute approximate surface area is 119 Å². The van der Waals surface area contributed by atoms with Crippen LogP contribution in [0.2, 0.25) is 0 Å². The lowest BCUT2D eigenvalue weighted by Crippen LogP contribution is -2.49. The Morgan fingerprint density at radius 3 is 2.50 bits per heavy atom. The maximum atomic E-state index is 13.1. The third-order valence-electron chi connectivity index (χ3n) is 4.32. The van der Waals surface area contributed by atoms with Gasteiger partial charge in [0.05, 0.1) is 0 Å². The summed E-state index contributed by atoms with van der Waals surface area (Å²) < 4.78 is 13.1. The van der Waals surface area contributed by atoms with E-state index in [0.717, 1.165) is 19.3 Å². The number of halogens is 1. The Morgan fingerprint density at radius 2 is 1.90 bits per heavy atom. The summed E-state index contributed by atoms with van der Waals surface area (Å²) in [6, 6.07) is 10.2. The van der Waals surface area contributed by atoms with E-state index in [2.05, 4.69) is 17.4 Å². The summed E-state index contributed by atoms with van der Waals surface area (Å²) >= 11 is 0. The minimum atomic E-state index is -0.738. The van der Waals surface area contributed by atoms with Crippen LogP contribution < -0.4 is 5.32 Å². The number of carbonyl (C=O) groups excluding carboxylic acids is 1. The quantitative estimate of drug-likeness (QED) is 0.904. The van der Waals surface area contributed by atoms with Gasteiger partial charge in [0.2, 0.25) is 0 Å². The van der Waals surface area contributed by atoms with Crippen molar-refractivity contribution < 1.29 is 9.18 Å². The summed E-state index contributed by atoms with van der Waals surface area (Å²) in [5, 5.41) is 3.16. The van der Waals surface area contributed by atoms with Crippen molar-refractivity contribution in [3.8, 4) is 0 Å². The zero-order chi connectivity index (χ0) is 14.0. The second-order valence-corrected chi connectivity index (χ2v) is 6.03. The van der Waals surface area contributed by atoms with Crippen LogP contribution in [0.4, 0.5) is 9.18 Å². The number of benzene rings is 1. The molecule has 0 atom stereocenters. The van der Waals surface area contributed by atoms with Crippen LogP contribution in [0.1, 0.15) is 31.2 Å². The average molecular weight is 276 g/mol. The predicted molar refractivity (Wildman–Crippen MR) is 76.3 cm³/mol. The van der Waals surface area contributed by atoms with Crippen molar-refractivity contribution >= 4 is 6.03 Å². The number of nitrogens with zero attached hydrogens (tertiary/aromatic N) is 1. The van der Waals surface area contributed by atoms with E-state index in [1.54, 1.807) is 4.90 Å². The van der Waals surface area contributed by atoms with E-state index in [1.807, 2.05) is 18.2 Å². The van der Waals surface area contributed by atoms with Gasteiger partial charge in [-0.05, 0) is 37.7 Å². The van der Waals surface area contributed by atoms with Crippen LogP contribution in [-0.4, -0.2) is 35.7 Å². The number of urea groups is 1. The summed E-state index contributed by atoms with van der Waals surface area (Å²) in [6.45, 7) is 1.07. The fraction of sp³-hybridized carbons (Fsp3) is 0.562. The highest BCUT2D eigenvalue weighted by Crippen LogP contribution is 2.38. The number of amides is 2. The maximum Gasteiger partial charge on any atom is 0.317 e. The fourth-order valence-corrected chi connectivity index (χ4v) is 2.84. The molecule has 0 aromatic heterocycles. The number of carbonyl (C=O) groups is 1. The summed E-state index contributed by atoms with van der Waals surface area (Å²) in [4.78, 5) is 14.0. The smallest absolute Gasteiger partial charge is 0.317 e. The molecule has 2 aliphatic rings. The van der Waals surface area contributed by atoms with Gasteiger partial charge >= 0.3 is 6.03 Å². The minimum Gasteiger partial charge on any atom is -0.332 e. The molecule has 2 fully saturated rings. The van der Waals surface area contributed by atoms with Crippen molar-refractivity contribution in [3.63, 3.8) is 0 Å². The van der Waals surface area contributed by atoms with Gasteiger partial charge in [0.1, 0.15) is 6.17 Å². The van der Waals surface area contributed by atoms with Crippen LogP contribution in [0.3, 0.4) is 0 Å². The van der Waals surface area contributed by atoms with Crippen molar-refractivity contribution in [3.05, 3.63) is 35.9 Å². The van der Waals surface area contributed by atoms with Gasteiger partial charge in [-0.1, -0.05) is 30.3 Å². The first-order chi connectivity index (χ1) is 9.67. The van der Waals surface area contributed by atoms with Crippen molar-refractivity contribution in [1.29, 1.82) is 0 Å². The lowest BCUT2D eigenvalue weighted by Gasteiger charge is -2.30. The summed E-state index contributed by atoms with van der Waals surface area (Å²) in [7, 11) is 0. The molecule has 0 unspecified atom stereocenters. The van der Waals surface area contributed by atoms with Gasteiger partial charge in [0.25, 0.3) is 0 Å². The van der Waals surface area contributed by atoms with Gasteiger partial charge < -0.3 is 10.2 Å². The lowest BCUT2D eigenvalue weighted by atomic mass is 10.0. The van der Waals surface area contributed by atoms with E-state index >= 15 is 0 Å². The minimum absolute atomic E-state index is 0.0228. The van der Waals surface area contributed by atoms with E-state index < -0.39 is 6.17 Å². The Kier molecular flexibility index (Phi) is 3.64. The summed E-state index contributed by atoms with van der Waals surface area (Å²) in [6.07, 6.45) is 3.16. The van der Waals surface area contributed by atoms with Crippen LogP contribution in [0, 0.1) is 0 Å². The van der Waals surface area contributed by atoms with E-state index in [0.29, 0.717) is 25.9 Å². The Hall–Kier alpha value is -1.58. The number of hydrogen-bond acceptors (Lipinski definition) is 1. The number of rotatable bonds is 3. The topological polar surface area (TPSA) is 32.3 Å². The number of likely N-dealkylation sites (tertiary alicyclic amines) is 1. The van der Waals surface area contributed by atoms with Gasteiger partial charge in [0, 0.05) is 18.6 Å². The summed E-state index contributed by atoms with van der Waals surface area (Å²) in [5.74, 6) is 0. The van der Waals surface area contributed by atoms with Crippen LogP contribution in [0.25, 0.3) is 0 Å². The summed E-state index contributed by atoms with van der Waals surface area (Å²) in [5.41, 5.74) is 1.19. The molecule has 0 spiro atoms. The van der Waals surface area contributed by atoms with Crippen LogP contribution in [0.5, 0.6) is 0 Å². The SMILES string of the molecule is O=C(NC1(Cc2ccccc2)CC1)N1CCC(F)CC1. The van der Waals surface area contributed by atoms with Crippen molar-refractivity contribution in [2.45, 2.75) is 43.8 Å². The third kappa shape index (κ3) is 3.11. The molecule has 3 nitrogen and oxygen atoms in total. The van der Waals surface area contributed by atoms with Gasteiger partial charge in [-0.2, -0.15) is 0 Å². The van der Waals surface area contributed by atoms with Crippen molar-refractivity contribution in [2.75, 3.05) is 13.1 Å². The monoisotopic (exact) mass is 276 g/mol. The molecule has 3 rings (SSSR count). The number of piperidine rings is 1. The molecule has 1 saturated heterocycles. The Bertz CT molecular complexity index is 465. The molecule has 0 radical (unpaired) electrons. The van der Waals surface area contributed by atoms with Gasteiger partial charge in [0.15, 0.2) is 0 Å². The molecular weight excluding hydrogens is 255 g/mol. The average Bonchev–Trinajstić information content (AvgIpc) is 3.20. The molecular formula is C16H21FN2O. The normalized spacial score (nSPS) is 21.6. The molecule has 1 aromatic carbocycles. The standard InChI is InChI=1S/C16H21FN2O/c17-14-6-10-19(11-7-14)15(20)18-16(8-9-16)12-13-4-2-1-3-5-13/h1-5,14H,6-12H2,(H,18,20). The van der Waals surface area contributed by atoms with E-state index in [9.17, 15) is 9.18 Å². The molecule has 0 bridgehead atoms. The predicted octanol–water partition coefficient (Wildman–Crippen LogP) is 2.91. The second-order valence-electron chi connectivity index (χ2n) is 6.03. The molecule has 4 heteroatoms. The molecule has 1 N–H and O–H groups in total. The molecule has 1 aliphatic carbocycles. The van der Waals surface area contributed by atoms with E-state index in [4.69, 9.17) is 0 Å². The van der Waals surface area contributed by atoms with Gasteiger partial charge in [-0.15, -0.1) is 0 Å². The Balaban J connectivity index is 1.56. The zero-order valence-corrected chi connectivity index (χ0v) is 11.6. The Morgan fingerprint density at radius 1 is 1.25 bits per heavy atom. The molecule has 1 saturated carbocycles. The van der Waals surface area contributed by atoms with E-state index in [1.165, 1.54) is 5.56 Å².